The van der Waals surface area contributed by atoms with E-state index in [1.165, 1.54) is 25.1 Å². The number of nitrogens with one attached hydrogen (secondary N) is 2. The predicted molar refractivity (Wildman–Crippen MR) is 92.3 cm³/mol. The van der Waals surface area contributed by atoms with Crippen LogP contribution in [0.15, 0.2) is 48.7 Å². The molecule has 3 aromatic rings. The first-order valence-corrected chi connectivity index (χ1v) is 7.72. The first-order chi connectivity index (χ1) is 12.6. The van der Waals surface area contributed by atoms with Crippen LogP contribution in [0.2, 0.25) is 0 Å². The van der Waals surface area contributed by atoms with Gasteiger partial charge >= 0.3 is 12.2 Å². The molecule has 0 unspecified atom stereocenters. The van der Waals surface area contributed by atoms with Gasteiger partial charge in [0.15, 0.2) is 0 Å². The molecule has 5 nitrogen and oxygen atoms in total. The van der Waals surface area contributed by atoms with Crippen LogP contribution in [0.4, 0.5) is 33.7 Å². The number of anilines is 2. The van der Waals surface area contributed by atoms with Gasteiger partial charge in [-0.2, -0.15) is 13.2 Å². The molecule has 0 aliphatic heterocycles. The minimum absolute atomic E-state index is 0.166. The van der Waals surface area contributed by atoms with Crippen LogP contribution in [0.5, 0.6) is 0 Å². The highest BCUT2D eigenvalue weighted by atomic mass is 19.4. The molecule has 140 valence electrons. The minimum atomic E-state index is -4.46. The monoisotopic (exact) mass is 379 g/mol. The first kappa shape index (κ1) is 18.4. The molecule has 2 amide bonds. The van der Waals surface area contributed by atoms with Gasteiger partial charge in [-0.3, -0.25) is 9.36 Å². The fourth-order valence-corrected chi connectivity index (χ4v) is 2.56. The molecule has 0 atom stereocenters. The summed E-state index contributed by atoms with van der Waals surface area (Å²) in [4.78, 5) is 23.6. The van der Waals surface area contributed by atoms with Gasteiger partial charge in [-0.15, -0.1) is 0 Å². The molecule has 9 heteroatoms. The summed E-state index contributed by atoms with van der Waals surface area (Å²) < 4.78 is 52.5. The maximum Gasteiger partial charge on any atom is 0.416 e. The molecule has 2 N–H and O–H groups in total. The quantitative estimate of drug-likeness (QED) is 0.608. The third kappa shape index (κ3) is 3.91. The van der Waals surface area contributed by atoms with E-state index in [2.05, 4.69) is 10.6 Å². The van der Waals surface area contributed by atoms with Crippen LogP contribution in [-0.4, -0.2) is 16.5 Å². The molecule has 0 bridgehead atoms. The number of fused-ring (bicyclic) bond motifs is 1. The van der Waals surface area contributed by atoms with Crippen LogP contribution in [-0.2, 0) is 6.18 Å². The molecule has 0 radical (unpaired) electrons. The van der Waals surface area contributed by atoms with Crippen molar-refractivity contribution in [3.8, 4) is 0 Å². The molecule has 0 spiro atoms. The van der Waals surface area contributed by atoms with Gasteiger partial charge in [-0.05, 0) is 42.5 Å². The zero-order chi connectivity index (χ0) is 19.8. The lowest BCUT2D eigenvalue weighted by molar-refractivity contribution is -0.137. The van der Waals surface area contributed by atoms with Gasteiger partial charge in [-0.1, -0.05) is 0 Å². The highest BCUT2D eigenvalue weighted by molar-refractivity contribution is 6.01. The highest BCUT2D eigenvalue weighted by Crippen LogP contribution is 2.30. The number of aromatic nitrogens is 1. The van der Waals surface area contributed by atoms with Crippen molar-refractivity contribution in [2.75, 3.05) is 10.6 Å². The normalized spacial score (nSPS) is 11.4. The fraction of sp³-hybridized carbons (Fsp3) is 0.111. The summed E-state index contributed by atoms with van der Waals surface area (Å²) in [7, 11) is 0. The van der Waals surface area contributed by atoms with Crippen LogP contribution >= 0.6 is 0 Å². The number of carbonyl (C=O) groups excluding carboxylic acids is 2. The maximum absolute atomic E-state index is 13.8. The van der Waals surface area contributed by atoms with Crippen molar-refractivity contribution in [1.29, 1.82) is 0 Å². The fourth-order valence-electron chi connectivity index (χ4n) is 2.56. The summed E-state index contributed by atoms with van der Waals surface area (Å²) in [6, 6.07) is 7.54. The van der Waals surface area contributed by atoms with E-state index in [0.717, 1.165) is 35.0 Å². The van der Waals surface area contributed by atoms with Crippen molar-refractivity contribution in [3.63, 3.8) is 0 Å². The van der Waals surface area contributed by atoms with E-state index in [0.29, 0.717) is 0 Å². The molecule has 2 aromatic carbocycles. The SMILES string of the molecule is CC(=O)n1cc(F)c2ccc(NC(=O)Nc3ccc(C(F)(F)F)cc3)cc21. The molecule has 0 aliphatic carbocycles. The van der Waals surface area contributed by atoms with Gasteiger partial charge in [0.05, 0.1) is 11.1 Å². The van der Waals surface area contributed by atoms with Crippen molar-refractivity contribution >= 4 is 34.2 Å². The van der Waals surface area contributed by atoms with Crippen molar-refractivity contribution in [2.45, 2.75) is 13.1 Å². The molecular formula is C18H13F4N3O2. The number of urea groups is 1. The van der Waals surface area contributed by atoms with E-state index in [-0.39, 0.29) is 22.3 Å². The maximum atomic E-state index is 13.8. The van der Waals surface area contributed by atoms with Crippen LogP contribution < -0.4 is 10.6 Å². The van der Waals surface area contributed by atoms with Crippen LogP contribution in [0.25, 0.3) is 10.9 Å². The molecule has 0 saturated heterocycles. The second-order valence-corrected chi connectivity index (χ2v) is 5.75. The van der Waals surface area contributed by atoms with E-state index >= 15 is 0 Å². The third-order valence-corrected chi connectivity index (χ3v) is 3.82. The molecule has 1 aromatic heterocycles. The average Bonchev–Trinajstić information content (AvgIpc) is 2.91. The Bertz CT molecular complexity index is 1020. The van der Waals surface area contributed by atoms with Crippen LogP contribution in [0, 0.1) is 5.82 Å². The number of carbonyl (C=O) groups is 2. The third-order valence-electron chi connectivity index (χ3n) is 3.82. The summed E-state index contributed by atoms with van der Waals surface area (Å²) in [6.07, 6.45) is -3.41. The van der Waals surface area contributed by atoms with Gasteiger partial charge in [0.25, 0.3) is 0 Å². The lowest BCUT2D eigenvalue weighted by Crippen LogP contribution is -2.19. The Morgan fingerprint density at radius 3 is 2.15 bits per heavy atom. The summed E-state index contributed by atoms with van der Waals surface area (Å²) in [6.45, 7) is 1.27. The van der Waals surface area contributed by atoms with Gasteiger partial charge in [-0.25, -0.2) is 9.18 Å². The minimum Gasteiger partial charge on any atom is -0.308 e. The number of halogens is 4. The second-order valence-electron chi connectivity index (χ2n) is 5.75. The zero-order valence-corrected chi connectivity index (χ0v) is 13.9. The molecule has 3 rings (SSSR count). The summed E-state index contributed by atoms with van der Waals surface area (Å²) in [5, 5.41) is 5.10. The Balaban J connectivity index is 1.76. The largest absolute Gasteiger partial charge is 0.416 e. The van der Waals surface area contributed by atoms with Crippen LogP contribution in [0.3, 0.4) is 0 Å². The number of hydrogen-bond acceptors (Lipinski definition) is 2. The average molecular weight is 379 g/mol. The van der Waals surface area contributed by atoms with Crippen LogP contribution in [0.1, 0.15) is 17.3 Å². The van der Waals surface area contributed by atoms with Crippen molar-refractivity contribution in [2.24, 2.45) is 0 Å². The smallest absolute Gasteiger partial charge is 0.308 e. The van der Waals surface area contributed by atoms with E-state index in [9.17, 15) is 27.2 Å². The number of amides is 2. The Kier molecular flexibility index (Phi) is 4.61. The molecule has 1 heterocycles. The Morgan fingerprint density at radius 1 is 0.963 bits per heavy atom. The molecule has 0 fully saturated rings. The summed E-state index contributed by atoms with van der Waals surface area (Å²) in [5.41, 5.74) is -0.0921. The van der Waals surface area contributed by atoms with Gasteiger partial charge < -0.3 is 10.6 Å². The predicted octanol–water partition coefficient (Wildman–Crippen LogP) is 5.10. The number of alkyl halides is 3. The van der Waals surface area contributed by atoms with E-state index in [1.54, 1.807) is 0 Å². The number of benzene rings is 2. The Hall–Kier alpha value is -3.36. The van der Waals surface area contributed by atoms with E-state index < -0.39 is 29.5 Å². The Labute approximate surface area is 150 Å². The number of hydrogen-bond donors (Lipinski definition) is 2. The van der Waals surface area contributed by atoms with Crippen molar-refractivity contribution < 1.29 is 27.2 Å². The Morgan fingerprint density at radius 2 is 1.56 bits per heavy atom. The molecule has 0 saturated carbocycles. The standard InChI is InChI=1S/C18H13F4N3O2/c1-10(26)25-9-15(19)14-7-6-13(8-16(14)25)24-17(27)23-12-4-2-11(3-5-12)18(20,21)22/h2-9H,1H3,(H2,23,24,27). The van der Waals surface area contributed by atoms with Gasteiger partial charge in [0, 0.05) is 29.9 Å². The zero-order valence-electron chi connectivity index (χ0n) is 13.9. The molecule has 27 heavy (non-hydrogen) atoms. The van der Waals surface area contributed by atoms with E-state index in [4.69, 9.17) is 0 Å². The van der Waals surface area contributed by atoms with Crippen molar-refractivity contribution in [3.05, 3.63) is 60.0 Å². The lowest BCUT2D eigenvalue weighted by atomic mass is 10.2. The summed E-state index contributed by atoms with van der Waals surface area (Å²) >= 11 is 0. The molecule has 0 aliphatic rings. The van der Waals surface area contributed by atoms with E-state index in [1.807, 2.05) is 0 Å². The topological polar surface area (TPSA) is 63.1 Å². The van der Waals surface area contributed by atoms with Gasteiger partial charge in [0.1, 0.15) is 5.82 Å². The van der Waals surface area contributed by atoms with Crippen molar-refractivity contribution in [1.82, 2.24) is 4.57 Å². The summed E-state index contributed by atoms with van der Waals surface area (Å²) in [5.74, 6) is -0.962. The first-order valence-electron chi connectivity index (χ1n) is 7.72. The lowest BCUT2D eigenvalue weighted by Gasteiger charge is -2.10. The number of rotatable bonds is 2. The second kappa shape index (κ2) is 6.75. The van der Waals surface area contributed by atoms with Gasteiger partial charge in [0.2, 0.25) is 5.91 Å². The highest BCUT2D eigenvalue weighted by Gasteiger charge is 2.30. The number of nitrogens with zero attached hydrogens (tertiary/aromatic N) is 1. The molecular weight excluding hydrogens is 366 g/mol.